The van der Waals surface area contributed by atoms with E-state index in [0.717, 1.165) is 12.5 Å². The smallest absolute Gasteiger partial charge is 0.0537 e. The molecule has 0 bridgehead atoms. The van der Waals surface area contributed by atoms with Gasteiger partial charge in [0.1, 0.15) is 0 Å². The van der Waals surface area contributed by atoms with Crippen molar-refractivity contribution in [1.82, 2.24) is 15.1 Å². The molecule has 3 nitrogen and oxygen atoms in total. The van der Waals surface area contributed by atoms with Crippen LogP contribution in [0.25, 0.3) is 0 Å². The van der Waals surface area contributed by atoms with Gasteiger partial charge in [-0.25, -0.2) is 0 Å². The monoisotopic (exact) mass is 249 g/mol. The van der Waals surface area contributed by atoms with Gasteiger partial charge in [0.2, 0.25) is 0 Å². The standard InChI is InChI=1S/C15H27N3/c1-3-16-15(14-11-17-18(2)12-14)10-9-13-7-5-4-6-8-13/h11-13,15-16H,3-10H2,1-2H3. The van der Waals surface area contributed by atoms with Crippen LogP contribution >= 0.6 is 0 Å². The molecule has 1 aliphatic carbocycles. The molecule has 1 unspecified atom stereocenters. The Morgan fingerprint density at radius 2 is 2.17 bits per heavy atom. The fourth-order valence-corrected chi connectivity index (χ4v) is 3.13. The van der Waals surface area contributed by atoms with Crippen LogP contribution in [0.5, 0.6) is 0 Å². The summed E-state index contributed by atoms with van der Waals surface area (Å²) in [6.45, 7) is 3.22. The maximum atomic E-state index is 4.29. The number of hydrogen-bond donors (Lipinski definition) is 1. The Morgan fingerprint density at radius 1 is 1.39 bits per heavy atom. The molecule has 18 heavy (non-hydrogen) atoms. The predicted octanol–water partition coefficient (Wildman–Crippen LogP) is 3.43. The van der Waals surface area contributed by atoms with Crippen LogP contribution in [0.15, 0.2) is 12.4 Å². The zero-order valence-corrected chi connectivity index (χ0v) is 11.9. The maximum Gasteiger partial charge on any atom is 0.0537 e. The lowest BCUT2D eigenvalue weighted by atomic mass is 9.84. The first kappa shape index (κ1) is 13.6. The van der Waals surface area contributed by atoms with E-state index in [-0.39, 0.29) is 0 Å². The van der Waals surface area contributed by atoms with E-state index in [2.05, 4.69) is 23.5 Å². The average molecular weight is 249 g/mol. The van der Waals surface area contributed by atoms with Crippen molar-refractivity contribution in [3.8, 4) is 0 Å². The highest BCUT2D eigenvalue weighted by Crippen LogP contribution is 2.30. The van der Waals surface area contributed by atoms with Crippen molar-refractivity contribution in [2.75, 3.05) is 6.54 Å². The molecule has 0 aliphatic heterocycles. The molecule has 1 saturated carbocycles. The van der Waals surface area contributed by atoms with Crippen LogP contribution in [0, 0.1) is 5.92 Å². The van der Waals surface area contributed by atoms with E-state index in [0.29, 0.717) is 6.04 Å². The Balaban J connectivity index is 1.85. The summed E-state index contributed by atoms with van der Waals surface area (Å²) in [5, 5.41) is 7.89. The van der Waals surface area contributed by atoms with E-state index in [9.17, 15) is 0 Å². The van der Waals surface area contributed by atoms with Gasteiger partial charge in [-0.2, -0.15) is 5.10 Å². The third-order valence-corrected chi connectivity index (χ3v) is 4.17. The summed E-state index contributed by atoms with van der Waals surface area (Å²) in [6.07, 6.45) is 14.0. The molecular weight excluding hydrogens is 222 g/mol. The van der Waals surface area contributed by atoms with Crippen molar-refractivity contribution >= 4 is 0 Å². The lowest BCUT2D eigenvalue weighted by Crippen LogP contribution is -2.21. The van der Waals surface area contributed by atoms with Crippen LogP contribution in [0.4, 0.5) is 0 Å². The van der Waals surface area contributed by atoms with Crippen LogP contribution in [-0.4, -0.2) is 16.3 Å². The topological polar surface area (TPSA) is 29.9 Å². The van der Waals surface area contributed by atoms with Crippen molar-refractivity contribution in [2.45, 2.75) is 57.9 Å². The third kappa shape index (κ3) is 3.84. The van der Waals surface area contributed by atoms with Gasteiger partial charge >= 0.3 is 0 Å². The van der Waals surface area contributed by atoms with Gasteiger partial charge in [0.25, 0.3) is 0 Å². The molecule has 3 heteroatoms. The number of nitrogens with one attached hydrogen (secondary N) is 1. The Hall–Kier alpha value is -0.830. The predicted molar refractivity (Wildman–Crippen MR) is 75.4 cm³/mol. The lowest BCUT2D eigenvalue weighted by molar-refractivity contribution is 0.315. The van der Waals surface area contributed by atoms with Crippen LogP contribution in [0.3, 0.4) is 0 Å². The summed E-state index contributed by atoms with van der Waals surface area (Å²) in [4.78, 5) is 0. The molecule has 1 aromatic heterocycles. The van der Waals surface area contributed by atoms with Gasteiger partial charge < -0.3 is 5.32 Å². The Kier molecular flexibility index (Phi) is 5.24. The first-order valence-electron chi connectivity index (χ1n) is 7.51. The molecule has 1 aromatic rings. The van der Waals surface area contributed by atoms with Crippen LogP contribution in [0.1, 0.15) is 63.5 Å². The molecule has 1 atom stereocenters. The summed E-state index contributed by atoms with van der Waals surface area (Å²) in [6, 6.07) is 0.491. The number of aromatic nitrogens is 2. The first-order chi connectivity index (χ1) is 8.79. The molecule has 0 radical (unpaired) electrons. The van der Waals surface area contributed by atoms with Crippen molar-refractivity contribution in [1.29, 1.82) is 0 Å². The first-order valence-corrected chi connectivity index (χ1v) is 7.51. The third-order valence-electron chi connectivity index (χ3n) is 4.17. The van der Waals surface area contributed by atoms with Crippen LogP contribution in [-0.2, 0) is 7.05 Å². The van der Waals surface area contributed by atoms with E-state index >= 15 is 0 Å². The Morgan fingerprint density at radius 3 is 2.78 bits per heavy atom. The van der Waals surface area contributed by atoms with Gasteiger partial charge in [-0.1, -0.05) is 39.0 Å². The zero-order chi connectivity index (χ0) is 12.8. The van der Waals surface area contributed by atoms with Gasteiger partial charge in [-0.15, -0.1) is 0 Å². The second-order valence-corrected chi connectivity index (χ2v) is 5.64. The highest BCUT2D eigenvalue weighted by molar-refractivity contribution is 5.10. The summed E-state index contributed by atoms with van der Waals surface area (Å²) in [5.41, 5.74) is 1.34. The maximum absolute atomic E-state index is 4.29. The summed E-state index contributed by atoms with van der Waals surface area (Å²) < 4.78 is 1.90. The van der Waals surface area contributed by atoms with Crippen molar-refractivity contribution in [2.24, 2.45) is 13.0 Å². The molecule has 0 amide bonds. The Bertz CT molecular complexity index is 339. The van der Waals surface area contributed by atoms with E-state index in [4.69, 9.17) is 0 Å². The van der Waals surface area contributed by atoms with Gasteiger partial charge in [-0.05, 0) is 25.3 Å². The van der Waals surface area contributed by atoms with Crippen LogP contribution < -0.4 is 5.32 Å². The second-order valence-electron chi connectivity index (χ2n) is 5.64. The molecule has 0 spiro atoms. The number of rotatable bonds is 6. The molecule has 1 N–H and O–H groups in total. The molecule has 0 aromatic carbocycles. The molecule has 102 valence electrons. The number of aryl methyl sites for hydroxylation is 1. The number of hydrogen-bond acceptors (Lipinski definition) is 2. The zero-order valence-electron chi connectivity index (χ0n) is 11.9. The SMILES string of the molecule is CCNC(CCC1CCCCC1)c1cnn(C)c1. The van der Waals surface area contributed by atoms with Crippen molar-refractivity contribution in [3.63, 3.8) is 0 Å². The van der Waals surface area contributed by atoms with E-state index in [1.807, 2.05) is 17.9 Å². The lowest BCUT2D eigenvalue weighted by Gasteiger charge is -2.24. The van der Waals surface area contributed by atoms with Gasteiger partial charge in [0.15, 0.2) is 0 Å². The minimum absolute atomic E-state index is 0.491. The van der Waals surface area contributed by atoms with E-state index in [1.165, 1.54) is 50.5 Å². The summed E-state index contributed by atoms with van der Waals surface area (Å²) in [7, 11) is 1.99. The fourth-order valence-electron chi connectivity index (χ4n) is 3.13. The van der Waals surface area contributed by atoms with Crippen LogP contribution in [0.2, 0.25) is 0 Å². The molecule has 0 saturated heterocycles. The molecule has 1 heterocycles. The van der Waals surface area contributed by atoms with Gasteiger partial charge in [0.05, 0.1) is 6.20 Å². The minimum atomic E-state index is 0.491. The largest absolute Gasteiger partial charge is 0.310 e. The van der Waals surface area contributed by atoms with E-state index in [1.54, 1.807) is 0 Å². The summed E-state index contributed by atoms with van der Waals surface area (Å²) >= 11 is 0. The average Bonchev–Trinajstić information content (AvgIpc) is 2.82. The normalized spacial score (nSPS) is 19.0. The van der Waals surface area contributed by atoms with Crippen molar-refractivity contribution < 1.29 is 0 Å². The quantitative estimate of drug-likeness (QED) is 0.837. The summed E-state index contributed by atoms with van der Waals surface area (Å²) in [5.74, 6) is 0.969. The fraction of sp³-hybridized carbons (Fsp3) is 0.800. The highest BCUT2D eigenvalue weighted by Gasteiger charge is 2.17. The molecule has 1 fully saturated rings. The minimum Gasteiger partial charge on any atom is -0.310 e. The molecule has 1 aliphatic rings. The second kappa shape index (κ2) is 6.93. The van der Waals surface area contributed by atoms with Gasteiger partial charge in [0, 0.05) is 24.8 Å². The Labute approximate surface area is 111 Å². The van der Waals surface area contributed by atoms with Crippen molar-refractivity contribution in [3.05, 3.63) is 18.0 Å². The molecular formula is C15H27N3. The van der Waals surface area contributed by atoms with E-state index < -0.39 is 0 Å². The molecule has 2 rings (SSSR count). The highest BCUT2D eigenvalue weighted by atomic mass is 15.2. The number of nitrogens with zero attached hydrogens (tertiary/aromatic N) is 2. The van der Waals surface area contributed by atoms with Gasteiger partial charge in [-0.3, -0.25) is 4.68 Å².